The van der Waals surface area contributed by atoms with E-state index in [0.29, 0.717) is 75.2 Å². The summed E-state index contributed by atoms with van der Waals surface area (Å²) in [4.78, 5) is 71.4. The van der Waals surface area contributed by atoms with Crippen LogP contribution in [0.1, 0.15) is 180 Å². The number of nitrogens with zero attached hydrogens (tertiary/aromatic N) is 6. The molecule has 2 unspecified atom stereocenters. The van der Waals surface area contributed by atoms with Gasteiger partial charge in [-0.15, -0.1) is 0 Å². The Balaban J connectivity index is 0.000000251. The van der Waals surface area contributed by atoms with Gasteiger partial charge in [0.2, 0.25) is 0 Å². The standard InChI is InChI=1S/C32H46ClN5O5S.C31H45ClN6O5S/c1-31(2,3)16-8-20-43-24-15-19-38(30(24)40)26-13-12-23(28(33)36-26)29(39)37-44(41,42)27-11-6-10-25(35-27)34-18-7-9-22-14-17-32(4,5)21-22;1-30(2,3)15-8-18-43-23-14-17-38(29(23)40)25-13-12-22(27(32)36-25)28(39)37-44(41,42)26-11-6-10-24(35-26)33-16-7-9-21-19-31(4,5)34-20-21/h6,10-13,22,24H,7-9,14-21H2,1-5H3,(H,34,35)(H,37,39);6,10-13,21,23,34H,7-9,14-20H2,1-5H3,(H,33,35)(H,37,39)/t22-,24?;21-,23?/m10/s1. The smallest absolute Gasteiger partial charge is 0.281 e. The highest BCUT2D eigenvalue weighted by Gasteiger charge is 2.37. The SMILES string of the molecule is CC(C)(C)CCCOC1CCN(c2ccc(C(=O)NS(=O)(=O)c3cccc(NCCC[C@@H]4CCC(C)(C)C4)n3)c(Cl)n2)C1=O.CC(C)(C)CCCOC1CCN(c2ccc(C(=O)NS(=O)(=O)c3cccc(NCCC[C@@H]4CNC(C)(C)C4)n3)c(Cl)n2)C1=O. The summed E-state index contributed by atoms with van der Waals surface area (Å²) < 4.78 is 67.7. The average Bonchev–Trinajstić information content (AvgIpc) is 3.19. The minimum atomic E-state index is -4.29. The van der Waals surface area contributed by atoms with E-state index in [1.165, 1.54) is 65.5 Å². The van der Waals surface area contributed by atoms with Crippen LogP contribution in [0.2, 0.25) is 10.3 Å². The maximum absolute atomic E-state index is 13.0. The van der Waals surface area contributed by atoms with Crippen LogP contribution < -0.4 is 35.2 Å². The Morgan fingerprint density at radius 3 is 1.44 bits per heavy atom. The number of pyridine rings is 4. The molecule has 4 amide bonds. The molecular weight excluding hydrogens is 1210 g/mol. The van der Waals surface area contributed by atoms with Crippen molar-refractivity contribution in [2.24, 2.45) is 28.1 Å². The van der Waals surface area contributed by atoms with Gasteiger partial charge >= 0.3 is 0 Å². The van der Waals surface area contributed by atoms with Crippen LogP contribution in [0.4, 0.5) is 23.3 Å². The molecule has 3 aliphatic heterocycles. The predicted octanol–water partition coefficient (Wildman–Crippen LogP) is 11.0. The summed E-state index contributed by atoms with van der Waals surface area (Å²) in [6.45, 7) is 26.1. The molecule has 0 radical (unpaired) electrons. The van der Waals surface area contributed by atoms with Gasteiger partial charge in [0.1, 0.15) is 45.8 Å². The van der Waals surface area contributed by atoms with E-state index >= 15 is 0 Å². The first-order valence-corrected chi connectivity index (χ1v) is 34.5. The number of anilines is 4. The molecule has 4 aromatic rings. The minimum Gasteiger partial charge on any atom is -0.370 e. The summed E-state index contributed by atoms with van der Waals surface area (Å²) in [5, 5.41) is 8.87. The normalized spacial score (nSPS) is 20.2. The second kappa shape index (κ2) is 30.0. The second-order valence-electron chi connectivity index (χ2n) is 27.5. The zero-order valence-corrected chi connectivity index (χ0v) is 55.9. The molecule has 4 atom stereocenters. The first-order valence-electron chi connectivity index (χ1n) is 30.8. The molecule has 5 N–H and O–H groups in total. The molecule has 21 nitrogen and oxygen atoms in total. The van der Waals surface area contributed by atoms with Crippen molar-refractivity contribution in [1.29, 1.82) is 0 Å². The number of hydrogen-bond acceptors (Lipinski definition) is 17. The number of hydrogen-bond donors (Lipinski definition) is 5. The molecule has 0 aromatic carbocycles. The number of amides is 4. The van der Waals surface area contributed by atoms with Gasteiger partial charge in [-0.1, -0.05) is 90.7 Å². The van der Waals surface area contributed by atoms with Crippen LogP contribution in [0, 0.1) is 28.1 Å². The number of ether oxygens (including phenoxy) is 2. The molecule has 4 aromatic heterocycles. The lowest BCUT2D eigenvalue weighted by atomic mass is 9.89. The van der Waals surface area contributed by atoms with E-state index in [1.54, 1.807) is 24.3 Å². The van der Waals surface area contributed by atoms with Crippen molar-refractivity contribution in [1.82, 2.24) is 34.7 Å². The lowest BCUT2D eigenvalue weighted by Gasteiger charge is -2.19. The quantitative estimate of drug-likeness (QED) is 0.0289. The summed E-state index contributed by atoms with van der Waals surface area (Å²) in [7, 11) is -8.58. The number of sulfonamides is 2. The fourth-order valence-corrected chi connectivity index (χ4v) is 13.9. The topological polar surface area (TPSA) is 273 Å². The van der Waals surface area contributed by atoms with Gasteiger partial charge in [0, 0.05) is 57.8 Å². The molecule has 0 spiro atoms. The molecule has 8 rings (SSSR count). The highest BCUT2D eigenvalue weighted by atomic mass is 35.5. The molecule has 1 aliphatic carbocycles. The van der Waals surface area contributed by atoms with Crippen LogP contribution in [0.5, 0.6) is 0 Å². The van der Waals surface area contributed by atoms with Crippen LogP contribution >= 0.6 is 23.2 Å². The second-order valence-corrected chi connectivity index (χ2v) is 31.4. The van der Waals surface area contributed by atoms with Crippen LogP contribution in [-0.4, -0.2) is 124 Å². The summed E-state index contributed by atoms with van der Waals surface area (Å²) in [6.07, 6.45) is 12.6. The van der Waals surface area contributed by atoms with Gasteiger partial charge in [-0.2, -0.15) is 16.8 Å². The molecule has 4 aliphatic rings. The third kappa shape index (κ3) is 20.7. The third-order valence-electron chi connectivity index (χ3n) is 16.2. The first-order chi connectivity index (χ1) is 41.3. The molecular formula is C63H91Cl2N11O10S2. The van der Waals surface area contributed by atoms with Gasteiger partial charge in [-0.05, 0) is 174 Å². The van der Waals surface area contributed by atoms with E-state index in [2.05, 4.69) is 105 Å². The van der Waals surface area contributed by atoms with Crippen molar-refractivity contribution in [3.63, 3.8) is 0 Å². The Kier molecular flexibility index (Phi) is 23.9. The van der Waals surface area contributed by atoms with E-state index in [-0.39, 0.29) is 71.3 Å². The summed E-state index contributed by atoms with van der Waals surface area (Å²) in [6, 6.07) is 14.8. The van der Waals surface area contributed by atoms with E-state index in [9.17, 15) is 36.0 Å². The first kappa shape index (κ1) is 69.9. The lowest BCUT2D eigenvalue weighted by molar-refractivity contribution is -0.127. The maximum Gasteiger partial charge on any atom is 0.281 e. The number of carbonyl (C=O) groups is 4. The predicted molar refractivity (Wildman–Crippen MR) is 344 cm³/mol. The highest BCUT2D eigenvalue weighted by molar-refractivity contribution is 7.90. The monoisotopic (exact) mass is 1300 g/mol. The number of aromatic nitrogens is 4. The lowest BCUT2D eigenvalue weighted by Crippen LogP contribution is -2.33. The van der Waals surface area contributed by atoms with Gasteiger partial charge in [-0.3, -0.25) is 29.0 Å². The van der Waals surface area contributed by atoms with Crippen molar-refractivity contribution < 1.29 is 45.5 Å². The Morgan fingerprint density at radius 2 is 1.06 bits per heavy atom. The minimum absolute atomic E-state index is 0.134. The third-order valence-corrected chi connectivity index (χ3v) is 19.2. The molecule has 0 bridgehead atoms. The van der Waals surface area contributed by atoms with Gasteiger partial charge in [0.25, 0.3) is 43.7 Å². The van der Waals surface area contributed by atoms with Crippen molar-refractivity contribution in [2.45, 2.75) is 187 Å². The number of nitrogens with one attached hydrogen (secondary N) is 5. The Bertz CT molecular complexity index is 3110. The average molecular weight is 1300 g/mol. The number of carbonyl (C=O) groups excluding carboxylic acids is 4. The molecule has 1 saturated carbocycles. The van der Waals surface area contributed by atoms with Crippen LogP contribution in [0.3, 0.4) is 0 Å². The van der Waals surface area contributed by atoms with E-state index in [1.807, 2.05) is 9.44 Å². The highest BCUT2D eigenvalue weighted by Crippen LogP contribution is 2.43. The molecule has 88 heavy (non-hydrogen) atoms. The summed E-state index contributed by atoms with van der Waals surface area (Å²) in [5.41, 5.74) is 0.724. The summed E-state index contributed by atoms with van der Waals surface area (Å²) >= 11 is 12.6. The molecule has 3 saturated heterocycles. The van der Waals surface area contributed by atoms with Crippen molar-refractivity contribution in [3.8, 4) is 0 Å². The largest absolute Gasteiger partial charge is 0.370 e. The zero-order valence-electron chi connectivity index (χ0n) is 52.8. The van der Waals surface area contributed by atoms with E-state index < -0.39 is 44.1 Å². The van der Waals surface area contributed by atoms with E-state index in [0.717, 1.165) is 70.3 Å². The maximum atomic E-state index is 13.0. The number of rotatable bonds is 26. The fraction of sp³-hybridized carbons (Fsp3) is 0.619. The number of halogens is 2. The zero-order chi connectivity index (χ0) is 64.2. The molecule has 25 heteroatoms. The van der Waals surface area contributed by atoms with Crippen LogP contribution in [0.25, 0.3) is 0 Å². The van der Waals surface area contributed by atoms with Gasteiger partial charge in [0.15, 0.2) is 10.1 Å². The van der Waals surface area contributed by atoms with Crippen LogP contribution in [-0.2, 0) is 39.1 Å². The van der Waals surface area contributed by atoms with Gasteiger partial charge in [-0.25, -0.2) is 29.4 Å². The Morgan fingerprint density at radius 1 is 0.614 bits per heavy atom. The van der Waals surface area contributed by atoms with Gasteiger partial charge in [0.05, 0.1) is 11.1 Å². The molecule has 4 fully saturated rings. The molecule has 484 valence electrons. The van der Waals surface area contributed by atoms with Crippen molar-refractivity contribution in [3.05, 3.63) is 82.1 Å². The molecule has 7 heterocycles. The van der Waals surface area contributed by atoms with Crippen molar-refractivity contribution in [2.75, 3.05) is 66.4 Å². The Hall–Kier alpha value is -5.56. The van der Waals surface area contributed by atoms with Crippen LogP contribution in [0.15, 0.2) is 70.7 Å². The summed E-state index contributed by atoms with van der Waals surface area (Å²) in [5.74, 6) is 0.389. The Labute approximate surface area is 530 Å². The fourth-order valence-electron chi connectivity index (χ4n) is 11.5. The van der Waals surface area contributed by atoms with E-state index in [4.69, 9.17) is 32.7 Å². The van der Waals surface area contributed by atoms with Crippen molar-refractivity contribution >= 4 is 90.1 Å². The van der Waals surface area contributed by atoms with Gasteiger partial charge < -0.3 is 25.4 Å².